The topological polar surface area (TPSA) is 75.6 Å². The minimum atomic E-state index is -1.11. The highest BCUT2D eigenvalue weighted by Gasteiger charge is 2.24. The molecule has 0 radical (unpaired) electrons. The Kier molecular flexibility index (Phi) is 7.67. The van der Waals surface area contributed by atoms with Crippen LogP contribution in [-0.4, -0.2) is 24.1 Å². The number of aromatic carboxylic acids is 1. The third kappa shape index (κ3) is 4.83. The number of amides is 1. The Morgan fingerprint density at radius 2 is 1.76 bits per heavy atom. The first kappa shape index (κ1) is 23.0. The molecule has 0 atom stereocenters. The van der Waals surface area contributed by atoms with Gasteiger partial charge in [0.1, 0.15) is 16.3 Å². The lowest BCUT2D eigenvalue weighted by atomic mass is 10.0. The fourth-order valence-electron chi connectivity index (χ4n) is 2.60. The average molecular weight is 766 g/mol. The summed E-state index contributed by atoms with van der Waals surface area (Å²) >= 11 is 13.4. The molecule has 0 bridgehead atoms. The third-order valence-corrected chi connectivity index (χ3v) is 9.14. The Labute approximate surface area is 216 Å². The van der Waals surface area contributed by atoms with Gasteiger partial charge in [-0.15, -0.1) is 11.3 Å². The maximum Gasteiger partial charge on any atom is 0.339 e. The number of hydrogen-bond acceptors (Lipinski definition) is 4. The molecule has 0 spiro atoms. The average Bonchev–Trinajstić information content (AvgIpc) is 3.09. The van der Waals surface area contributed by atoms with Gasteiger partial charge in [-0.2, -0.15) is 0 Å². The van der Waals surface area contributed by atoms with Crippen molar-refractivity contribution in [3.63, 3.8) is 0 Å². The number of hydrogen-bond donors (Lipinski definition) is 2. The maximum atomic E-state index is 13.0. The van der Waals surface area contributed by atoms with E-state index >= 15 is 0 Å². The number of ether oxygens (including phenoxy) is 1. The van der Waals surface area contributed by atoms with Crippen LogP contribution in [-0.2, 0) is 0 Å². The highest BCUT2D eigenvalue weighted by molar-refractivity contribution is 14.1. The molecule has 3 aromatic rings. The summed E-state index contributed by atoms with van der Waals surface area (Å²) in [5, 5.41) is 15.1. The van der Waals surface area contributed by atoms with Crippen LogP contribution in [0.25, 0.3) is 11.1 Å². The summed E-state index contributed by atoms with van der Waals surface area (Å²) < 4.78 is 7.62. The molecule has 1 amide bonds. The minimum Gasteiger partial charge on any atom is -0.496 e. The number of halogens is 4. The Morgan fingerprint density at radius 3 is 2.34 bits per heavy atom. The van der Waals surface area contributed by atoms with Crippen molar-refractivity contribution in [3.8, 4) is 16.9 Å². The van der Waals surface area contributed by atoms with Gasteiger partial charge >= 0.3 is 5.97 Å². The zero-order valence-electron chi connectivity index (χ0n) is 14.6. The number of carboxylic acid groups (broad SMARTS) is 1. The van der Waals surface area contributed by atoms with Gasteiger partial charge in [-0.3, -0.25) is 4.79 Å². The van der Waals surface area contributed by atoms with E-state index in [0.717, 1.165) is 7.14 Å². The minimum absolute atomic E-state index is 0.0545. The first-order valence-electron chi connectivity index (χ1n) is 7.88. The van der Waals surface area contributed by atoms with Crippen molar-refractivity contribution in [3.05, 3.63) is 62.6 Å². The van der Waals surface area contributed by atoms with Gasteiger partial charge in [0.05, 0.1) is 16.2 Å². The number of thiophene rings is 1. The fourth-order valence-corrected chi connectivity index (χ4v) is 6.44. The second kappa shape index (κ2) is 9.66. The number of benzene rings is 2. The molecule has 0 saturated heterocycles. The van der Waals surface area contributed by atoms with Crippen LogP contribution in [0.5, 0.6) is 5.75 Å². The number of carbonyl (C=O) groups excluding carboxylic acids is 1. The molecule has 29 heavy (non-hydrogen) atoms. The lowest BCUT2D eigenvalue weighted by Crippen LogP contribution is -2.17. The number of anilines is 1. The van der Waals surface area contributed by atoms with Crippen LogP contribution in [0.15, 0.2) is 35.7 Å². The van der Waals surface area contributed by atoms with Crippen LogP contribution in [0.3, 0.4) is 0 Å². The molecule has 1 aromatic heterocycles. The van der Waals surface area contributed by atoms with Crippen molar-refractivity contribution in [2.24, 2.45) is 0 Å². The molecular weight excluding hydrogens is 754 g/mol. The molecular formula is C19H11ClI3NO4S. The predicted octanol–water partition coefficient (Wildman–Crippen LogP) is 6.84. The van der Waals surface area contributed by atoms with Crippen LogP contribution in [0.1, 0.15) is 20.7 Å². The summed E-state index contributed by atoms with van der Waals surface area (Å²) in [6.07, 6.45) is 0. The fraction of sp³-hybridized carbons (Fsp3) is 0.0526. The third-order valence-electron chi connectivity index (χ3n) is 3.96. The molecule has 0 fully saturated rings. The molecule has 1 heterocycles. The highest BCUT2D eigenvalue weighted by Crippen LogP contribution is 2.37. The largest absolute Gasteiger partial charge is 0.496 e. The number of rotatable bonds is 5. The van der Waals surface area contributed by atoms with Gasteiger partial charge in [0.2, 0.25) is 0 Å². The molecule has 5 nitrogen and oxygen atoms in total. The zero-order valence-corrected chi connectivity index (χ0v) is 22.6. The normalized spacial score (nSPS) is 10.7. The van der Waals surface area contributed by atoms with Gasteiger partial charge in [-0.1, -0.05) is 23.7 Å². The van der Waals surface area contributed by atoms with Gasteiger partial charge in [0, 0.05) is 23.1 Å². The smallest absolute Gasteiger partial charge is 0.339 e. The van der Waals surface area contributed by atoms with E-state index in [1.54, 1.807) is 42.8 Å². The Morgan fingerprint density at radius 1 is 1.10 bits per heavy atom. The molecule has 0 aliphatic heterocycles. The van der Waals surface area contributed by atoms with Crippen molar-refractivity contribution < 1.29 is 19.4 Å². The number of carboxylic acids is 1. The quantitative estimate of drug-likeness (QED) is 0.221. The van der Waals surface area contributed by atoms with E-state index in [1.807, 2.05) is 0 Å². The van der Waals surface area contributed by atoms with E-state index in [0.29, 0.717) is 31.0 Å². The van der Waals surface area contributed by atoms with Crippen molar-refractivity contribution >= 4 is 108 Å². The van der Waals surface area contributed by atoms with E-state index < -0.39 is 5.97 Å². The molecule has 2 N–H and O–H groups in total. The van der Waals surface area contributed by atoms with Crippen molar-refractivity contribution in [1.82, 2.24) is 0 Å². The maximum absolute atomic E-state index is 13.0. The molecule has 0 unspecified atom stereocenters. The molecule has 10 heteroatoms. The SMILES string of the molecule is COc1cc(I)c(C(=O)Nc2scc(-c3ccc(Cl)cc3)c2C(=O)O)c(I)c1I. The van der Waals surface area contributed by atoms with Crippen LogP contribution in [0.2, 0.25) is 5.02 Å². The van der Waals surface area contributed by atoms with E-state index in [9.17, 15) is 14.7 Å². The van der Waals surface area contributed by atoms with E-state index in [-0.39, 0.29) is 16.5 Å². The summed E-state index contributed by atoms with van der Waals surface area (Å²) in [5.74, 6) is -0.796. The Bertz CT molecular complexity index is 1120. The second-order valence-electron chi connectivity index (χ2n) is 5.68. The van der Waals surface area contributed by atoms with Crippen molar-refractivity contribution in [1.29, 1.82) is 0 Å². The highest BCUT2D eigenvalue weighted by atomic mass is 127. The molecule has 0 saturated carbocycles. The molecule has 0 aliphatic rings. The number of carbonyl (C=O) groups is 2. The van der Waals surface area contributed by atoms with E-state index in [2.05, 4.69) is 73.1 Å². The summed E-state index contributed by atoms with van der Waals surface area (Å²) in [6.45, 7) is 0. The van der Waals surface area contributed by atoms with Crippen LogP contribution < -0.4 is 10.1 Å². The first-order chi connectivity index (χ1) is 13.7. The van der Waals surface area contributed by atoms with Crippen molar-refractivity contribution in [2.45, 2.75) is 0 Å². The van der Waals surface area contributed by atoms with Gasteiger partial charge in [-0.05, 0) is 91.5 Å². The lowest BCUT2D eigenvalue weighted by Gasteiger charge is -2.13. The zero-order chi connectivity index (χ0) is 21.3. The van der Waals surface area contributed by atoms with Crippen LogP contribution in [0, 0.1) is 10.7 Å². The summed E-state index contributed by atoms with van der Waals surface area (Å²) in [5.41, 5.74) is 1.78. The van der Waals surface area contributed by atoms with E-state index in [1.165, 1.54) is 11.3 Å². The predicted molar refractivity (Wildman–Crippen MR) is 141 cm³/mol. The van der Waals surface area contributed by atoms with Gasteiger partial charge < -0.3 is 15.2 Å². The first-order valence-corrected chi connectivity index (χ1v) is 12.4. The summed E-state index contributed by atoms with van der Waals surface area (Å²) in [7, 11) is 1.58. The van der Waals surface area contributed by atoms with Gasteiger partial charge in [-0.25, -0.2) is 4.79 Å². The Hall–Kier alpha value is -0.640. The standard InChI is InChI=1S/C19H11ClI3NO4S/c1-28-12-6-11(21)14(16(23)15(12)22)17(25)24-18-13(19(26)27)10(7-29-18)8-2-4-9(20)5-3-8/h2-7H,1H3,(H,24,25)(H,26,27). The van der Waals surface area contributed by atoms with Crippen LogP contribution in [0.4, 0.5) is 5.00 Å². The monoisotopic (exact) mass is 765 g/mol. The molecule has 2 aromatic carbocycles. The summed E-state index contributed by atoms with van der Waals surface area (Å²) in [6, 6.07) is 8.68. The number of nitrogens with one attached hydrogen (secondary N) is 1. The lowest BCUT2D eigenvalue weighted by molar-refractivity contribution is 0.0699. The van der Waals surface area contributed by atoms with E-state index in [4.69, 9.17) is 16.3 Å². The van der Waals surface area contributed by atoms with Gasteiger partial charge in [0.25, 0.3) is 5.91 Å². The summed E-state index contributed by atoms with van der Waals surface area (Å²) in [4.78, 5) is 24.9. The number of methoxy groups -OCH3 is 1. The van der Waals surface area contributed by atoms with Crippen LogP contribution >= 0.6 is 90.7 Å². The molecule has 150 valence electrons. The van der Waals surface area contributed by atoms with Gasteiger partial charge in [0.15, 0.2) is 0 Å². The second-order valence-corrected chi connectivity index (χ2v) is 10.3. The Balaban J connectivity index is 2.01. The van der Waals surface area contributed by atoms with Crippen molar-refractivity contribution in [2.75, 3.05) is 12.4 Å². The molecule has 3 rings (SSSR count). The molecule has 0 aliphatic carbocycles.